The molecule has 3 heteroatoms. The van der Waals surface area contributed by atoms with Crippen molar-refractivity contribution in [2.24, 2.45) is 0 Å². The lowest BCUT2D eigenvalue weighted by molar-refractivity contribution is 1.70. The number of fused-ring (bicyclic) bond motifs is 15. The van der Waals surface area contributed by atoms with Crippen LogP contribution in [-0.4, -0.2) is 0 Å². The summed E-state index contributed by atoms with van der Waals surface area (Å²) in [6.07, 6.45) is 0. The van der Waals surface area contributed by atoms with Gasteiger partial charge in [-0.2, -0.15) is 0 Å². The molecule has 0 aliphatic carbocycles. The molecule has 0 amide bonds. The van der Waals surface area contributed by atoms with Gasteiger partial charge in [0.05, 0.1) is 0 Å². The molecule has 12 rings (SSSR count). The molecule has 9 aromatic carbocycles. The Hall–Kier alpha value is -5.58. The average Bonchev–Trinajstić information content (AvgIpc) is 3.88. The van der Waals surface area contributed by atoms with Gasteiger partial charge in [-0.1, -0.05) is 133 Å². The molecule has 0 N–H and O–H groups in total. The third kappa shape index (κ3) is 3.89. The van der Waals surface area contributed by atoms with E-state index in [1.54, 1.807) is 0 Å². The van der Waals surface area contributed by atoms with Gasteiger partial charge in [0, 0.05) is 71.3 Å². The van der Waals surface area contributed by atoms with Gasteiger partial charge >= 0.3 is 0 Å². The molecule has 3 aromatic heterocycles. The van der Waals surface area contributed by atoms with E-state index in [2.05, 4.69) is 158 Å². The van der Waals surface area contributed by atoms with Gasteiger partial charge < -0.3 is 0 Å². The Labute approximate surface area is 305 Å². The molecule has 0 nitrogen and oxygen atoms in total. The van der Waals surface area contributed by atoms with Crippen LogP contribution >= 0.6 is 34.0 Å². The second-order valence-electron chi connectivity index (χ2n) is 13.5. The minimum absolute atomic E-state index is 1.27. The fraction of sp³-hybridized carbons (Fsp3) is 0. The largest absolute Gasteiger partial charge is 0.135 e. The van der Waals surface area contributed by atoms with E-state index in [1.807, 2.05) is 34.0 Å². The van der Waals surface area contributed by atoms with Gasteiger partial charge in [-0.3, -0.25) is 0 Å². The minimum atomic E-state index is 1.27. The fourth-order valence-corrected chi connectivity index (χ4v) is 12.4. The highest BCUT2D eigenvalue weighted by molar-refractivity contribution is 7.29. The van der Waals surface area contributed by atoms with Crippen LogP contribution in [0.1, 0.15) is 0 Å². The summed E-state index contributed by atoms with van der Waals surface area (Å²) in [5.41, 5.74) is 5.16. The van der Waals surface area contributed by atoms with E-state index >= 15 is 0 Å². The molecule has 0 radical (unpaired) electrons. The standard InChI is InChI=1S/C48H26S3/c1-3-14-33-31(12-1)43(27-21-23-30-29-11-7-9-19-39(29)49-41(30)25-27)32-13-2-4-15-34(32)44(33)28-22-24-38-42(26-28)51-48-36-17-6-5-16-35(36)47-45(46(38)48)37-18-8-10-20-40(37)50-47/h1-26H. The molecule has 0 saturated heterocycles. The molecule has 3 heterocycles. The van der Waals surface area contributed by atoms with Crippen molar-refractivity contribution >= 4 is 127 Å². The van der Waals surface area contributed by atoms with Crippen LogP contribution in [0.15, 0.2) is 158 Å². The number of rotatable bonds is 2. The van der Waals surface area contributed by atoms with Crippen molar-refractivity contribution < 1.29 is 0 Å². The van der Waals surface area contributed by atoms with E-state index in [4.69, 9.17) is 0 Å². The van der Waals surface area contributed by atoms with Crippen LogP contribution in [0.25, 0.3) is 115 Å². The number of benzene rings is 9. The molecule has 0 atom stereocenters. The Kier molecular flexibility index (Phi) is 5.78. The smallest absolute Gasteiger partial charge is 0.0441 e. The maximum absolute atomic E-state index is 2.46. The van der Waals surface area contributed by atoms with Crippen molar-refractivity contribution in [3.05, 3.63) is 158 Å². The zero-order valence-corrected chi connectivity index (χ0v) is 29.7. The Morgan fingerprint density at radius 1 is 0.255 bits per heavy atom. The van der Waals surface area contributed by atoms with E-state index in [0.29, 0.717) is 0 Å². The van der Waals surface area contributed by atoms with E-state index in [9.17, 15) is 0 Å². The first-order chi connectivity index (χ1) is 25.3. The summed E-state index contributed by atoms with van der Waals surface area (Å²) in [4.78, 5) is 0. The molecule has 12 aromatic rings. The molecular formula is C48H26S3. The molecule has 0 fully saturated rings. The lowest BCUT2D eigenvalue weighted by Crippen LogP contribution is -1.90. The van der Waals surface area contributed by atoms with E-state index < -0.39 is 0 Å². The maximum atomic E-state index is 2.46. The average molecular weight is 699 g/mol. The lowest BCUT2D eigenvalue weighted by Gasteiger charge is -2.18. The first-order valence-electron chi connectivity index (χ1n) is 17.3. The Balaban J connectivity index is 1.15. The van der Waals surface area contributed by atoms with Gasteiger partial charge in [0.25, 0.3) is 0 Å². The quantitative estimate of drug-likeness (QED) is 0.158. The number of thiophene rings is 3. The zero-order valence-electron chi connectivity index (χ0n) is 27.2. The van der Waals surface area contributed by atoms with Crippen LogP contribution in [0.2, 0.25) is 0 Å². The van der Waals surface area contributed by atoms with Crippen molar-refractivity contribution in [3.63, 3.8) is 0 Å². The van der Waals surface area contributed by atoms with Crippen LogP contribution in [0, 0.1) is 0 Å². The number of hydrogen-bond acceptors (Lipinski definition) is 3. The van der Waals surface area contributed by atoms with Crippen molar-refractivity contribution in [1.82, 2.24) is 0 Å². The molecule has 0 bridgehead atoms. The van der Waals surface area contributed by atoms with Gasteiger partial charge in [-0.05, 0) is 68.1 Å². The van der Waals surface area contributed by atoms with Crippen LogP contribution in [-0.2, 0) is 0 Å². The summed E-state index contributed by atoms with van der Waals surface area (Å²) in [5.74, 6) is 0. The van der Waals surface area contributed by atoms with Gasteiger partial charge in [-0.25, -0.2) is 0 Å². The van der Waals surface area contributed by atoms with Crippen molar-refractivity contribution in [2.75, 3.05) is 0 Å². The van der Waals surface area contributed by atoms with Crippen molar-refractivity contribution in [1.29, 1.82) is 0 Å². The van der Waals surface area contributed by atoms with E-state index in [1.165, 1.54) is 115 Å². The SMILES string of the molecule is c1ccc2c(c1)sc1cc(-c3c4ccccc4c(-c4ccc5c(c4)sc4c6ccccc6c6sc7ccccc7c6c54)c4ccccc34)ccc12. The maximum Gasteiger partial charge on any atom is 0.0441 e. The minimum Gasteiger partial charge on any atom is -0.135 e. The van der Waals surface area contributed by atoms with Crippen molar-refractivity contribution in [3.8, 4) is 22.3 Å². The summed E-state index contributed by atoms with van der Waals surface area (Å²) in [7, 11) is 0. The highest BCUT2D eigenvalue weighted by Crippen LogP contribution is 2.51. The second kappa shape index (κ2) is 10.5. The fourth-order valence-electron chi connectivity index (χ4n) is 8.68. The molecule has 0 aliphatic rings. The molecule has 0 spiro atoms. The predicted molar refractivity (Wildman–Crippen MR) is 228 cm³/mol. The second-order valence-corrected chi connectivity index (χ2v) is 16.7. The molecule has 51 heavy (non-hydrogen) atoms. The summed E-state index contributed by atoms with van der Waals surface area (Å²) in [5, 5.41) is 16.1. The zero-order chi connectivity index (χ0) is 33.2. The summed E-state index contributed by atoms with van der Waals surface area (Å²) < 4.78 is 8.14. The van der Waals surface area contributed by atoms with E-state index in [-0.39, 0.29) is 0 Å². The Bertz CT molecular complexity index is 3370. The topological polar surface area (TPSA) is 0 Å². The van der Waals surface area contributed by atoms with Gasteiger partial charge in [0.15, 0.2) is 0 Å². The Morgan fingerprint density at radius 2 is 0.608 bits per heavy atom. The third-order valence-electron chi connectivity index (χ3n) is 10.8. The van der Waals surface area contributed by atoms with Gasteiger partial charge in [0.2, 0.25) is 0 Å². The number of hydrogen-bond donors (Lipinski definition) is 0. The summed E-state index contributed by atoms with van der Waals surface area (Å²) in [6, 6.07) is 59.1. The predicted octanol–water partition coefficient (Wildman–Crippen LogP) is 15.6. The van der Waals surface area contributed by atoms with Crippen LogP contribution in [0.5, 0.6) is 0 Å². The highest BCUT2D eigenvalue weighted by Gasteiger charge is 2.21. The summed E-state index contributed by atoms with van der Waals surface area (Å²) >= 11 is 5.76. The van der Waals surface area contributed by atoms with Gasteiger partial charge in [-0.15, -0.1) is 34.0 Å². The Morgan fingerprint density at radius 3 is 1.16 bits per heavy atom. The monoisotopic (exact) mass is 698 g/mol. The van der Waals surface area contributed by atoms with Crippen molar-refractivity contribution in [2.45, 2.75) is 0 Å². The molecule has 0 unspecified atom stereocenters. The van der Waals surface area contributed by atoms with Crippen LogP contribution in [0.4, 0.5) is 0 Å². The van der Waals surface area contributed by atoms with E-state index in [0.717, 1.165) is 0 Å². The van der Waals surface area contributed by atoms with Crippen LogP contribution < -0.4 is 0 Å². The third-order valence-corrected chi connectivity index (χ3v) is 14.4. The molecule has 0 saturated carbocycles. The van der Waals surface area contributed by atoms with Crippen LogP contribution in [0.3, 0.4) is 0 Å². The lowest BCUT2D eigenvalue weighted by atomic mass is 9.85. The molecule has 236 valence electrons. The molecule has 0 aliphatic heterocycles. The molecular weight excluding hydrogens is 673 g/mol. The first kappa shape index (κ1) is 28.2. The first-order valence-corrected chi connectivity index (χ1v) is 19.8. The van der Waals surface area contributed by atoms with Gasteiger partial charge in [0.1, 0.15) is 0 Å². The normalized spacial score (nSPS) is 12.3. The highest BCUT2D eigenvalue weighted by atomic mass is 32.1. The summed E-state index contributed by atoms with van der Waals surface area (Å²) in [6.45, 7) is 0.